The lowest BCUT2D eigenvalue weighted by atomic mass is 10.0. The fourth-order valence-corrected chi connectivity index (χ4v) is 3.56. The number of hydrogen-bond donors (Lipinski definition) is 1. The maximum Gasteiger partial charge on any atom is 0.129 e. The fourth-order valence-electron chi connectivity index (χ4n) is 3.56. The second-order valence-electron chi connectivity index (χ2n) is 6.41. The van der Waals surface area contributed by atoms with Crippen molar-refractivity contribution in [1.29, 1.82) is 0 Å². The van der Waals surface area contributed by atoms with E-state index < -0.39 is 0 Å². The molecule has 4 nitrogen and oxygen atoms in total. The van der Waals surface area contributed by atoms with Gasteiger partial charge in [-0.25, -0.2) is 9.97 Å². The maximum atomic E-state index is 4.30. The minimum absolute atomic E-state index is 0.573. The number of likely N-dealkylation sites (tertiary alicyclic amines) is 1. The van der Waals surface area contributed by atoms with Crippen LogP contribution in [0.5, 0.6) is 0 Å². The molecule has 4 heteroatoms. The molecule has 1 N–H and O–H groups in total. The van der Waals surface area contributed by atoms with E-state index in [0.717, 1.165) is 17.4 Å². The van der Waals surface area contributed by atoms with Crippen LogP contribution in [0.2, 0.25) is 0 Å². The van der Waals surface area contributed by atoms with Gasteiger partial charge in [-0.3, -0.25) is 0 Å². The van der Waals surface area contributed by atoms with E-state index in [1.807, 2.05) is 13.0 Å². The number of nitrogens with zero attached hydrogens (tertiary/aromatic N) is 3. The van der Waals surface area contributed by atoms with E-state index in [9.17, 15) is 0 Å². The highest BCUT2D eigenvalue weighted by molar-refractivity contribution is 5.35. The van der Waals surface area contributed by atoms with Crippen molar-refractivity contribution in [2.75, 3.05) is 25.0 Å². The molecule has 3 rings (SSSR count). The Bertz CT molecular complexity index is 420. The summed E-state index contributed by atoms with van der Waals surface area (Å²) in [5.74, 6) is 1.95. The molecule has 1 saturated carbocycles. The topological polar surface area (TPSA) is 41.0 Å². The van der Waals surface area contributed by atoms with Gasteiger partial charge in [-0.15, -0.1) is 0 Å². The Balaban J connectivity index is 1.43. The van der Waals surface area contributed by atoms with Gasteiger partial charge >= 0.3 is 0 Å². The Morgan fingerprint density at radius 1 is 1.15 bits per heavy atom. The van der Waals surface area contributed by atoms with E-state index in [-0.39, 0.29) is 0 Å². The third-order valence-electron chi connectivity index (χ3n) is 4.73. The fraction of sp³-hybridized carbons (Fsp3) is 0.750. The zero-order valence-electron chi connectivity index (χ0n) is 12.5. The molecular formula is C16H26N4. The van der Waals surface area contributed by atoms with Crippen LogP contribution < -0.4 is 5.32 Å². The van der Waals surface area contributed by atoms with Crippen molar-refractivity contribution in [3.63, 3.8) is 0 Å². The highest BCUT2D eigenvalue weighted by atomic mass is 15.2. The van der Waals surface area contributed by atoms with Gasteiger partial charge in [0.25, 0.3) is 0 Å². The van der Waals surface area contributed by atoms with E-state index in [2.05, 4.69) is 20.2 Å². The molecule has 110 valence electrons. The van der Waals surface area contributed by atoms with Crippen LogP contribution in [0, 0.1) is 12.8 Å². The summed E-state index contributed by atoms with van der Waals surface area (Å²) in [6.07, 6.45) is 9.93. The van der Waals surface area contributed by atoms with Gasteiger partial charge in [0.2, 0.25) is 0 Å². The Kier molecular flexibility index (Phi) is 4.51. The first kappa shape index (κ1) is 13.8. The van der Waals surface area contributed by atoms with Crippen molar-refractivity contribution in [2.45, 2.75) is 51.5 Å². The van der Waals surface area contributed by atoms with Crippen LogP contribution in [0.25, 0.3) is 0 Å². The van der Waals surface area contributed by atoms with Gasteiger partial charge in [0.15, 0.2) is 0 Å². The van der Waals surface area contributed by atoms with E-state index in [1.54, 1.807) is 6.33 Å². The Labute approximate surface area is 122 Å². The van der Waals surface area contributed by atoms with Crippen molar-refractivity contribution < 1.29 is 0 Å². The van der Waals surface area contributed by atoms with Gasteiger partial charge in [-0.05, 0) is 38.5 Å². The number of hydrogen-bond acceptors (Lipinski definition) is 4. The van der Waals surface area contributed by atoms with Crippen LogP contribution in [0.15, 0.2) is 12.4 Å². The molecular weight excluding hydrogens is 248 g/mol. The zero-order chi connectivity index (χ0) is 13.8. The second-order valence-corrected chi connectivity index (χ2v) is 6.41. The second kappa shape index (κ2) is 6.53. The van der Waals surface area contributed by atoms with Crippen LogP contribution >= 0.6 is 0 Å². The lowest BCUT2D eigenvalue weighted by Gasteiger charge is -2.34. The molecule has 0 bridgehead atoms. The first-order chi connectivity index (χ1) is 9.79. The number of nitrogens with one attached hydrogen (secondary N) is 1. The average molecular weight is 274 g/mol. The van der Waals surface area contributed by atoms with E-state index in [0.29, 0.717) is 6.04 Å². The lowest BCUT2D eigenvalue weighted by Crippen LogP contribution is -2.41. The summed E-state index contributed by atoms with van der Waals surface area (Å²) in [6.45, 7) is 5.81. The van der Waals surface area contributed by atoms with Crippen molar-refractivity contribution in [3.8, 4) is 0 Å². The maximum absolute atomic E-state index is 4.30. The Hall–Kier alpha value is -1.16. The molecule has 0 atom stereocenters. The Morgan fingerprint density at radius 3 is 2.60 bits per heavy atom. The van der Waals surface area contributed by atoms with Gasteiger partial charge in [0, 0.05) is 37.4 Å². The first-order valence-corrected chi connectivity index (χ1v) is 8.07. The van der Waals surface area contributed by atoms with Gasteiger partial charge < -0.3 is 10.2 Å². The summed E-state index contributed by atoms with van der Waals surface area (Å²) in [6, 6.07) is 2.61. The molecule has 0 unspecified atom stereocenters. The monoisotopic (exact) mass is 274 g/mol. The number of aryl methyl sites for hydroxylation is 1. The van der Waals surface area contributed by atoms with Crippen LogP contribution in [-0.2, 0) is 0 Å². The average Bonchev–Trinajstić information content (AvgIpc) is 2.94. The summed E-state index contributed by atoms with van der Waals surface area (Å²) in [5.41, 5.74) is 1.03. The molecule has 0 spiro atoms. The van der Waals surface area contributed by atoms with Crippen LogP contribution in [-0.4, -0.2) is 40.5 Å². The van der Waals surface area contributed by atoms with Gasteiger partial charge in [-0.1, -0.05) is 12.8 Å². The summed E-state index contributed by atoms with van der Waals surface area (Å²) in [5, 5.41) is 3.56. The molecule has 0 aromatic carbocycles. The zero-order valence-corrected chi connectivity index (χ0v) is 12.5. The molecule has 2 heterocycles. The van der Waals surface area contributed by atoms with Crippen molar-refractivity contribution in [1.82, 2.24) is 14.9 Å². The predicted molar refractivity (Wildman–Crippen MR) is 81.8 cm³/mol. The largest absolute Gasteiger partial charge is 0.367 e. The minimum atomic E-state index is 0.573. The number of anilines is 1. The molecule has 1 aromatic rings. The predicted octanol–water partition coefficient (Wildman–Crippen LogP) is 2.85. The third kappa shape index (κ3) is 3.69. The highest BCUT2D eigenvalue weighted by Crippen LogP contribution is 2.26. The quantitative estimate of drug-likeness (QED) is 0.916. The molecule has 2 aliphatic rings. The van der Waals surface area contributed by atoms with E-state index in [4.69, 9.17) is 0 Å². The van der Waals surface area contributed by atoms with Gasteiger partial charge in [0.1, 0.15) is 12.1 Å². The number of rotatable bonds is 4. The summed E-state index contributed by atoms with van der Waals surface area (Å²) >= 11 is 0. The van der Waals surface area contributed by atoms with Crippen molar-refractivity contribution in [3.05, 3.63) is 18.1 Å². The van der Waals surface area contributed by atoms with E-state index >= 15 is 0 Å². The molecule has 1 aromatic heterocycles. The van der Waals surface area contributed by atoms with Gasteiger partial charge in [0.05, 0.1) is 0 Å². The van der Waals surface area contributed by atoms with Crippen LogP contribution in [0.4, 0.5) is 5.82 Å². The third-order valence-corrected chi connectivity index (χ3v) is 4.73. The highest BCUT2D eigenvalue weighted by Gasteiger charge is 2.23. The summed E-state index contributed by atoms with van der Waals surface area (Å²) < 4.78 is 0. The Morgan fingerprint density at radius 2 is 1.90 bits per heavy atom. The summed E-state index contributed by atoms with van der Waals surface area (Å²) in [4.78, 5) is 11.1. The van der Waals surface area contributed by atoms with Crippen molar-refractivity contribution in [2.24, 2.45) is 5.92 Å². The van der Waals surface area contributed by atoms with Crippen LogP contribution in [0.1, 0.15) is 44.2 Å². The van der Waals surface area contributed by atoms with E-state index in [1.165, 1.54) is 58.2 Å². The van der Waals surface area contributed by atoms with Crippen molar-refractivity contribution >= 4 is 5.82 Å². The minimum Gasteiger partial charge on any atom is -0.367 e. The molecule has 1 saturated heterocycles. The number of piperidine rings is 1. The standard InChI is InChI=1S/C16H26N4/c1-13-10-16(18-12-17-13)19-15-6-8-20(9-7-15)11-14-4-2-3-5-14/h10,12,14-15H,2-9,11H2,1H3,(H,17,18,19). The normalized spacial score (nSPS) is 22.2. The lowest BCUT2D eigenvalue weighted by molar-refractivity contribution is 0.189. The first-order valence-electron chi connectivity index (χ1n) is 8.07. The molecule has 20 heavy (non-hydrogen) atoms. The molecule has 0 radical (unpaired) electrons. The molecule has 2 fully saturated rings. The molecule has 1 aliphatic heterocycles. The number of aromatic nitrogens is 2. The smallest absolute Gasteiger partial charge is 0.129 e. The molecule has 1 aliphatic carbocycles. The summed E-state index contributed by atoms with van der Waals surface area (Å²) in [7, 11) is 0. The molecule has 0 amide bonds. The van der Waals surface area contributed by atoms with Gasteiger partial charge in [-0.2, -0.15) is 0 Å². The van der Waals surface area contributed by atoms with Crippen LogP contribution in [0.3, 0.4) is 0 Å². The SMILES string of the molecule is Cc1cc(NC2CCN(CC3CCCC3)CC2)ncn1.